The van der Waals surface area contributed by atoms with Crippen LogP contribution in [0.4, 0.5) is 10.1 Å². The highest BCUT2D eigenvalue weighted by Crippen LogP contribution is 2.17. The summed E-state index contributed by atoms with van der Waals surface area (Å²) in [5.74, 6) is -0.517. The fourth-order valence-electron chi connectivity index (χ4n) is 1.33. The fourth-order valence-corrected chi connectivity index (χ4v) is 1.33. The minimum absolute atomic E-state index is 0.469. The number of piperazine rings is 1. The molecule has 1 aliphatic rings. The highest BCUT2D eigenvalue weighted by Gasteiger charge is 2.16. The minimum atomic E-state index is -0.517. The zero-order chi connectivity index (χ0) is 8.39. The third-order valence-electron chi connectivity index (χ3n) is 1.97. The van der Waals surface area contributed by atoms with Crippen LogP contribution in [0.15, 0.2) is 10.8 Å². The van der Waals surface area contributed by atoms with E-state index in [-0.39, 0.29) is 0 Å². The molecule has 0 aromatic carbocycles. The van der Waals surface area contributed by atoms with Gasteiger partial charge in [-0.25, -0.2) is 0 Å². The Hall–Kier alpha value is -1.10. The number of hydrogen-bond acceptors (Lipinski definition) is 4. The van der Waals surface area contributed by atoms with Crippen LogP contribution in [0.2, 0.25) is 0 Å². The second-order valence-corrected chi connectivity index (χ2v) is 2.73. The molecule has 0 atom stereocenters. The van der Waals surface area contributed by atoms with E-state index >= 15 is 0 Å². The molecule has 2 heterocycles. The summed E-state index contributed by atoms with van der Waals surface area (Å²) in [4.78, 5) is 1.92. The van der Waals surface area contributed by atoms with E-state index in [1.165, 1.54) is 6.26 Å². The predicted molar refractivity (Wildman–Crippen MR) is 41.5 cm³/mol. The first-order chi connectivity index (χ1) is 5.88. The Labute approximate surface area is 69.3 Å². The highest BCUT2D eigenvalue weighted by molar-refractivity contribution is 5.42. The standard InChI is InChI=1S/C7H10FN3O/c8-7-6(5-12-10-7)11-3-1-9-2-4-11/h5,9H,1-4H2. The molecule has 0 unspecified atom stereocenters. The topological polar surface area (TPSA) is 41.3 Å². The van der Waals surface area contributed by atoms with Gasteiger partial charge in [0.1, 0.15) is 12.0 Å². The lowest BCUT2D eigenvalue weighted by atomic mass is 10.3. The molecule has 0 spiro atoms. The van der Waals surface area contributed by atoms with E-state index in [0.717, 1.165) is 26.2 Å². The molecule has 5 heteroatoms. The molecule has 1 aromatic heterocycles. The Morgan fingerprint density at radius 1 is 1.50 bits per heavy atom. The number of aromatic nitrogens is 1. The fraction of sp³-hybridized carbons (Fsp3) is 0.571. The molecule has 0 radical (unpaired) electrons. The van der Waals surface area contributed by atoms with Gasteiger partial charge in [0.15, 0.2) is 0 Å². The summed E-state index contributed by atoms with van der Waals surface area (Å²) in [5, 5.41) is 6.37. The summed E-state index contributed by atoms with van der Waals surface area (Å²) in [5.41, 5.74) is 0.469. The van der Waals surface area contributed by atoms with E-state index in [0.29, 0.717) is 5.69 Å². The molecule has 0 saturated carbocycles. The molecule has 1 N–H and O–H groups in total. The minimum Gasteiger partial charge on any atom is -0.363 e. The Morgan fingerprint density at radius 3 is 2.83 bits per heavy atom. The van der Waals surface area contributed by atoms with E-state index < -0.39 is 5.95 Å². The third kappa shape index (κ3) is 1.27. The molecule has 2 rings (SSSR count). The third-order valence-corrected chi connectivity index (χ3v) is 1.97. The number of halogens is 1. The summed E-state index contributed by atoms with van der Waals surface area (Å²) in [7, 11) is 0. The van der Waals surface area contributed by atoms with Crippen molar-refractivity contribution in [2.75, 3.05) is 31.1 Å². The second kappa shape index (κ2) is 3.10. The Balaban J connectivity index is 2.13. The molecule has 0 aliphatic carbocycles. The summed E-state index contributed by atoms with van der Waals surface area (Å²) in [6.45, 7) is 3.37. The lowest BCUT2D eigenvalue weighted by Gasteiger charge is -2.27. The lowest BCUT2D eigenvalue weighted by molar-refractivity contribution is 0.375. The van der Waals surface area contributed by atoms with Gasteiger partial charge in [-0.3, -0.25) is 0 Å². The van der Waals surface area contributed by atoms with E-state index in [2.05, 4.69) is 15.0 Å². The summed E-state index contributed by atoms with van der Waals surface area (Å²) >= 11 is 0. The van der Waals surface area contributed by atoms with Crippen molar-refractivity contribution in [2.45, 2.75) is 0 Å². The lowest BCUT2D eigenvalue weighted by Crippen LogP contribution is -2.43. The van der Waals surface area contributed by atoms with Crippen molar-refractivity contribution < 1.29 is 8.91 Å². The highest BCUT2D eigenvalue weighted by atomic mass is 19.1. The molecule has 12 heavy (non-hydrogen) atoms. The van der Waals surface area contributed by atoms with Crippen molar-refractivity contribution >= 4 is 5.69 Å². The molecule has 66 valence electrons. The van der Waals surface area contributed by atoms with Gasteiger partial charge in [0.05, 0.1) is 0 Å². The zero-order valence-electron chi connectivity index (χ0n) is 6.59. The van der Waals surface area contributed by atoms with Crippen LogP contribution in [0.3, 0.4) is 0 Å². The van der Waals surface area contributed by atoms with Crippen molar-refractivity contribution in [1.82, 2.24) is 10.5 Å². The van der Waals surface area contributed by atoms with Crippen LogP contribution >= 0.6 is 0 Å². The largest absolute Gasteiger partial charge is 0.363 e. The maximum Gasteiger partial charge on any atom is 0.276 e. The van der Waals surface area contributed by atoms with Gasteiger partial charge in [-0.15, -0.1) is 0 Å². The van der Waals surface area contributed by atoms with Gasteiger partial charge in [0, 0.05) is 26.2 Å². The van der Waals surface area contributed by atoms with Crippen molar-refractivity contribution in [2.24, 2.45) is 0 Å². The van der Waals surface area contributed by atoms with Gasteiger partial charge in [0.2, 0.25) is 0 Å². The van der Waals surface area contributed by atoms with Crippen LogP contribution in [0.1, 0.15) is 0 Å². The molecule has 1 saturated heterocycles. The smallest absolute Gasteiger partial charge is 0.276 e. The first-order valence-electron chi connectivity index (χ1n) is 3.93. The first-order valence-corrected chi connectivity index (χ1v) is 3.93. The van der Waals surface area contributed by atoms with E-state index in [1.807, 2.05) is 4.90 Å². The van der Waals surface area contributed by atoms with Gasteiger partial charge in [0.25, 0.3) is 5.95 Å². The van der Waals surface area contributed by atoms with Gasteiger partial charge in [-0.1, -0.05) is 0 Å². The average Bonchev–Trinajstić information content (AvgIpc) is 2.53. The SMILES string of the molecule is Fc1nocc1N1CCNCC1. The Bertz CT molecular complexity index is 257. The summed E-state index contributed by atoms with van der Waals surface area (Å²) in [6.07, 6.45) is 1.35. The number of nitrogens with zero attached hydrogens (tertiary/aromatic N) is 2. The monoisotopic (exact) mass is 171 g/mol. The molecule has 1 fully saturated rings. The molecule has 1 aromatic rings. The van der Waals surface area contributed by atoms with Gasteiger partial charge >= 0.3 is 0 Å². The van der Waals surface area contributed by atoms with E-state index in [4.69, 9.17) is 0 Å². The number of anilines is 1. The van der Waals surface area contributed by atoms with E-state index in [1.54, 1.807) is 0 Å². The van der Waals surface area contributed by atoms with Crippen molar-refractivity contribution in [3.63, 3.8) is 0 Å². The van der Waals surface area contributed by atoms with Crippen LogP contribution in [-0.4, -0.2) is 31.3 Å². The number of hydrogen-bond donors (Lipinski definition) is 1. The van der Waals surface area contributed by atoms with Crippen LogP contribution in [0.25, 0.3) is 0 Å². The normalized spacial score (nSPS) is 18.2. The molecule has 0 amide bonds. The summed E-state index contributed by atoms with van der Waals surface area (Å²) in [6, 6.07) is 0. The molecule has 1 aliphatic heterocycles. The van der Waals surface area contributed by atoms with Gasteiger partial charge in [-0.05, 0) is 5.16 Å². The van der Waals surface area contributed by atoms with E-state index in [9.17, 15) is 4.39 Å². The number of nitrogens with one attached hydrogen (secondary N) is 1. The number of rotatable bonds is 1. The maximum atomic E-state index is 12.9. The van der Waals surface area contributed by atoms with Crippen molar-refractivity contribution in [3.05, 3.63) is 12.2 Å². The average molecular weight is 171 g/mol. The van der Waals surface area contributed by atoms with Gasteiger partial charge in [-0.2, -0.15) is 4.39 Å². The van der Waals surface area contributed by atoms with Crippen LogP contribution in [0, 0.1) is 5.95 Å². The van der Waals surface area contributed by atoms with Crippen molar-refractivity contribution in [1.29, 1.82) is 0 Å². The maximum absolute atomic E-state index is 12.9. The molecule has 0 bridgehead atoms. The van der Waals surface area contributed by atoms with Crippen LogP contribution < -0.4 is 10.2 Å². The second-order valence-electron chi connectivity index (χ2n) is 2.73. The zero-order valence-corrected chi connectivity index (χ0v) is 6.59. The first kappa shape index (κ1) is 7.54. The Morgan fingerprint density at radius 2 is 2.25 bits per heavy atom. The molecular weight excluding hydrogens is 161 g/mol. The Kier molecular flexibility index (Phi) is 1.95. The molecule has 4 nitrogen and oxygen atoms in total. The summed E-state index contributed by atoms with van der Waals surface area (Å²) < 4.78 is 17.4. The van der Waals surface area contributed by atoms with Gasteiger partial charge < -0.3 is 14.7 Å². The molecular formula is C7H10FN3O. The van der Waals surface area contributed by atoms with Crippen molar-refractivity contribution in [3.8, 4) is 0 Å². The van der Waals surface area contributed by atoms with Crippen LogP contribution in [0.5, 0.6) is 0 Å². The quantitative estimate of drug-likeness (QED) is 0.656. The predicted octanol–water partition coefficient (Wildman–Crippen LogP) is 0.223. The van der Waals surface area contributed by atoms with Crippen LogP contribution in [-0.2, 0) is 0 Å².